The predicted molar refractivity (Wildman–Crippen MR) is 135 cm³/mol. The molecular formula is C27H30N6O4. The number of anilines is 1. The van der Waals surface area contributed by atoms with Crippen LogP contribution in [0.3, 0.4) is 0 Å². The molecule has 1 aliphatic carbocycles. The molecule has 3 aromatic rings. The summed E-state index contributed by atoms with van der Waals surface area (Å²) in [5.74, 6) is 1.50. The minimum Gasteiger partial charge on any atom is -0.488 e. The van der Waals surface area contributed by atoms with Crippen LogP contribution in [-0.4, -0.2) is 73.2 Å². The standard InChI is InChI=1S/C27H30N6O4/c1-26(2,3)37-25(34)33-18-8-19(33)14-31(13-18)24-5-4-17(12-29-24)22-9-20(15-32-23(22)6-7-30-32)36-21-10-27(35,11-21)16-28/h4-7,9,12,15,18-19,21,35H,8,10-11,13-14H2,1-3H3/t18-,19-,21?,27?/m1/s1. The third-order valence-electron chi connectivity index (χ3n) is 7.30. The van der Waals surface area contributed by atoms with Gasteiger partial charge < -0.3 is 19.5 Å². The fourth-order valence-corrected chi connectivity index (χ4v) is 5.50. The normalized spacial score (nSPS) is 26.7. The van der Waals surface area contributed by atoms with Gasteiger partial charge in [-0.05, 0) is 51.5 Å². The lowest BCUT2D eigenvalue weighted by atomic mass is 9.79. The van der Waals surface area contributed by atoms with Crippen molar-refractivity contribution in [2.45, 2.75) is 69.4 Å². The van der Waals surface area contributed by atoms with Crippen LogP contribution in [0.2, 0.25) is 0 Å². The van der Waals surface area contributed by atoms with E-state index in [-0.39, 0.29) is 37.1 Å². The maximum Gasteiger partial charge on any atom is 0.410 e. The van der Waals surface area contributed by atoms with Crippen LogP contribution >= 0.6 is 0 Å². The smallest absolute Gasteiger partial charge is 0.410 e. The summed E-state index contributed by atoms with van der Waals surface area (Å²) in [6.45, 7) is 7.13. The number of hydrogen-bond acceptors (Lipinski definition) is 8. The number of piperazine rings is 1. The number of hydrogen-bond donors (Lipinski definition) is 1. The molecule has 1 saturated carbocycles. The number of fused-ring (bicyclic) bond motifs is 3. The molecule has 1 amide bonds. The topological polar surface area (TPSA) is 116 Å². The highest BCUT2D eigenvalue weighted by Crippen LogP contribution is 2.38. The summed E-state index contributed by atoms with van der Waals surface area (Å²) in [5.41, 5.74) is 0.999. The fraction of sp³-hybridized carbons (Fsp3) is 0.481. The van der Waals surface area contributed by atoms with Crippen LogP contribution < -0.4 is 9.64 Å². The van der Waals surface area contributed by atoms with Crippen molar-refractivity contribution in [1.29, 1.82) is 5.26 Å². The van der Waals surface area contributed by atoms with Crippen LogP contribution in [0, 0.1) is 11.3 Å². The maximum atomic E-state index is 12.6. The van der Waals surface area contributed by atoms with E-state index < -0.39 is 11.2 Å². The van der Waals surface area contributed by atoms with Crippen molar-refractivity contribution in [2.75, 3.05) is 18.0 Å². The van der Waals surface area contributed by atoms with Crippen LogP contribution in [0.1, 0.15) is 40.0 Å². The van der Waals surface area contributed by atoms with Crippen LogP contribution in [-0.2, 0) is 4.74 Å². The van der Waals surface area contributed by atoms with Crippen LogP contribution in [0.4, 0.5) is 10.6 Å². The first-order valence-corrected chi connectivity index (χ1v) is 12.6. The van der Waals surface area contributed by atoms with E-state index in [0.717, 1.165) is 42.0 Å². The van der Waals surface area contributed by atoms with Crippen LogP contribution in [0.25, 0.3) is 16.6 Å². The zero-order chi connectivity index (χ0) is 25.9. The average molecular weight is 503 g/mol. The Kier molecular flexibility index (Phi) is 5.31. The van der Waals surface area contributed by atoms with Gasteiger partial charge >= 0.3 is 6.09 Å². The number of pyridine rings is 2. The SMILES string of the molecule is CC(C)(C)OC(=O)N1[C@@H]2C[C@@H]1CN(c1ccc(-c3cc(OC4CC(O)(C#N)C4)cn4nccc34)cn1)C2. The van der Waals surface area contributed by atoms with Crippen LogP contribution in [0.5, 0.6) is 5.75 Å². The molecule has 0 unspecified atom stereocenters. The second kappa shape index (κ2) is 8.35. The van der Waals surface area contributed by atoms with E-state index >= 15 is 0 Å². The Bertz CT molecular complexity index is 1370. The van der Waals surface area contributed by atoms with Gasteiger partial charge in [0, 0.05) is 43.3 Å². The summed E-state index contributed by atoms with van der Waals surface area (Å²) < 4.78 is 13.4. The Hall–Kier alpha value is -3.84. The summed E-state index contributed by atoms with van der Waals surface area (Å²) >= 11 is 0. The van der Waals surface area contributed by atoms with Gasteiger partial charge in [0.05, 0.1) is 36.1 Å². The molecule has 0 spiro atoms. The largest absolute Gasteiger partial charge is 0.488 e. The zero-order valence-electron chi connectivity index (χ0n) is 21.2. The Morgan fingerprint density at radius 2 is 1.97 bits per heavy atom. The number of carbonyl (C=O) groups is 1. The van der Waals surface area contributed by atoms with Gasteiger partial charge in [0.15, 0.2) is 5.60 Å². The molecular weight excluding hydrogens is 472 g/mol. The minimum atomic E-state index is -1.29. The first-order chi connectivity index (χ1) is 17.6. The third kappa shape index (κ3) is 4.33. The van der Waals surface area contributed by atoms with E-state index in [9.17, 15) is 9.90 Å². The number of ether oxygens (including phenoxy) is 2. The molecule has 3 saturated heterocycles. The molecule has 3 aliphatic heterocycles. The number of piperidine rings is 1. The Labute approximate surface area is 215 Å². The summed E-state index contributed by atoms with van der Waals surface area (Å²) in [4.78, 5) is 21.4. The number of aromatic nitrogens is 3. The molecule has 6 heterocycles. The lowest BCUT2D eigenvalue weighted by Crippen LogP contribution is -2.70. The lowest BCUT2D eigenvalue weighted by Gasteiger charge is -2.56. The first-order valence-electron chi connectivity index (χ1n) is 12.6. The van der Waals surface area contributed by atoms with E-state index in [4.69, 9.17) is 19.7 Å². The Morgan fingerprint density at radius 3 is 2.62 bits per heavy atom. The van der Waals surface area contributed by atoms with Gasteiger partial charge in [0.2, 0.25) is 0 Å². The van der Waals surface area contributed by atoms with E-state index in [2.05, 4.69) is 10.00 Å². The number of nitrogens with zero attached hydrogens (tertiary/aromatic N) is 6. The quantitative estimate of drug-likeness (QED) is 0.540. The second-order valence-electron chi connectivity index (χ2n) is 11.3. The molecule has 2 bridgehead atoms. The fourth-order valence-electron chi connectivity index (χ4n) is 5.50. The molecule has 37 heavy (non-hydrogen) atoms. The minimum absolute atomic E-state index is 0.139. The van der Waals surface area contributed by atoms with Gasteiger partial charge in [0.25, 0.3) is 0 Å². The molecule has 2 atom stereocenters. The molecule has 4 fully saturated rings. The monoisotopic (exact) mass is 502 g/mol. The Morgan fingerprint density at radius 1 is 1.22 bits per heavy atom. The van der Waals surface area contributed by atoms with Gasteiger partial charge in [-0.1, -0.05) is 0 Å². The molecule has 3 aromatic heterocycles. The predicted octanol–water partition coefficient (Wildman–Crippen LogP) is 3.39. The highest BCUT2D eigenvalue weighted by atomic mass is 16.6. The molecule has 10 heteroatoms. The number of nitriles is 1. The lowest BCUT2D eigenvalue weighted by molar-refractivity contribution is -0.0624. The van der Waals surface area contributed by atoms with Crippen LogP contribution in [0.15, 0.2) is 42.9 Å². The van der Waals surface area contributed by atoms with E-state index in [1.165, 1.54) is 0 Å². The van der Waals surface area contributed by atoms with Crippen molar-refractivity contribution in [1.82, 2.24) is 19.5 Å². The van der Waals surface area contributed by atoms with Crippen molar-refractivity contribution >= 4 is 17.4 Å². The number of amides is 1. The summed E-state index contributed by atoms with van der Waals surface area (Å²) in [6, 6.07) is 10.1. The van der Waals surface area contributed by atoms with Crippen molar-refractivity contribution in [2.24, 2.45) is 0 Å². The highest BCUT2D eigenvalue weighted by Gasteiger charge is 2.49. The summed E-state index contributed by atoms with van der Waals surface area (Å²) in [5, 5.41) is 23.4. The van der Waals surface area contributed by atoms with Gasteiger partial charge in [-0.3, -0.25) is 4.90 Å². The molecule has 0 aromatic carbocycles. The number of rotatable bonds is 4. The number of carbonyl (C=O) groups excluding carboxylic acids is 1. The van der Waals surface area contributed by atoms with Gasteiger partial charge in [-0.25, -0.2) is 14.3 Å². The molecule has 4 aliphatic rings. The molecule has 0 radical (unpaired) electrons. The van der Waals surface area contributed by atoms with Crippen molar-refractivity contribution in [3.63, 3.8) is 0 Å². The third-order valence-corrected chi connectivity index (χ3v) is 7.30. The highest BCUT2D eigenvalue weighted by molar-refractivity contribution is 5.81. The number of aliphatic hydroxyl groups is 1. The first kappa shape index (κ1) is 23.6. The molecule has 192 valence electrons. The Balaban J connectivity index is 1.17. The van der Waals surface area contributed by atoms with E-state index in [1.54, 1.807) is 16.9 Å². The van der Waals surface area contributed by atoms with Crippen molar-refractivity contribution in [3.05, 3.63) is 42.9 Å². The zero-order valence-corrected chi connectivity index (χ0v) is 21.2. The van der Waals surface area contributed by atoms with Gasteiger partial charge in [-0.2, -0.15) is 10.4 Å². The molecule has 1 N–H and O–H groups in total. The summed E-state index contributed by atoms with van der Waals surface area (Å²) in [7, 11) is 0. The summed E-state index contributed by atoms with van der Waals surface area (Å²) in [6.07, 6.45) is 6.52. The van der Waals surface area contributed by atoms with Crippen molar-refractivity contribution < 1.29 is 19.4 Å². The van der Waals surface area contributed by atoms with E-state index in [0.29, 0.717) is 5.75 Å². The molecule has 10 nitrogen and oxygen atoms in total. The van der Waals surface area contributed by atoms with Crippen molar-refractivity contribution in [3.8, 4) is 22.9 Å². The average Bonchev–Trinajstić information content (AvgIpc) is 3.30. The second-order valence-corrected chi connectivity index (χ2v) is 11.3. The van der Waals surface area contributed by atoms with Gasteiger partial charge in [-0.15, -0.1) is 0 Å². The van der Waals surface area contributed by atoms with Gasteiger partial charge in [0.1, 0.15) is 23.3 Å². The van der Waals surface area contributed by atoms with E-state index in [1.807, 2.05) is 62.2 Å². The molecule has 7 rings (SSSR count). The maximum absolute atomic E-state index is 12.6.